The third-order valence-corrected chi connectivity index (χ3v) is 4.65. The van der Waals surface area contributed by atoms with Gasteiger partial charge in [0.25, 0.3) is 0 Å². The molecule has 6 heteroatoms. The first-order valence-electron chi connectivity index (χ1n) is 9.29. The average molecular weight is 368 g/mol. The van der Waals surface area contributed by atoms with Gasteiger partial charge in [-0.3, -0.25) is 4.99 Å². The quantitative estimate of drug-likeness (QED) is 0.606. The fraction of sp³-hybridized carbons (Fsp3) is 0.381. The van der Waals surface area contributed by atoms with E-state index >= 15 is 0 Å². The fourth-order valence-electron chi connectivity index (χ4n) is 3.20. The number of hydrogen-bond acceptors (Lipinski definition) is 4. The zero-order chi connectivity index (χ0) is 18.9. The molecule has 0 saturated carbocycles. The van der Waals surface area contributed by atoms with Gasteiger partial charge in [0, 0.05) is 44.5 Å². The van der Waals surface area contributed by atoms with Gasteiger partial charge in [0.05, 0.1) is 20.3 Å². The molecule has 0 radical (unpaired) electrons. The van der Waals surface area contributed by atoms with Crippen LogP contribution in [0.2, 0.25) is 0 Å². The molecule has 2 N–H and O–H groups in total. The van der Waals surface area contributed by atoms with E-state index in [0.717, 1.165) is 43.6 Å². The highest BCUT2D eigenvalue weighted by Crippen LogP contribution is 2.21. The van der Waals surface area contributed by atoms with Crippen molar-refractivity contribution in [3.05, 3.63) is 59.7 Å². The molecule has 144 valence electrons. The van der Waals surface area contributed by atoms with Crippen molar-refractivity contribution in [2.45, 2.75) is 13.1 Å². The summed E-state index contributed by atoms with van der Waals surface area (Å²) in [6.45, 7) is 4.78. The van der Waals surface area contributed by atoms with Crippen LogP contribution < -0.4 is 20.3 Å². The molecule has 1 aliphatic heterocycles. The Hall–Kier alpha value is -2.73. The lowest BCUT2D eigenvalue weighted by Crippen LogP contribution is -2.39. The van der Waals surface area contributed by atoms with Crippen molar-refractivity contribution in [1.29, 1.82) is 0 Å². The van der Waals surface area contributed by atoms with Gasteiger partial charge in [0.2, 0.25) is 0 Å². The molecular formula is C21H28N4O2. The van der Waals surface area contributed by atoms with Crippen LogP contribution >= 0.6 is 0 Å². The third-order valence-electron chi connectivity index (χ3n) is 4.65. The molecule has 0 unspecified atom stereocenters. The number of anilines is 1. The highest BCUT2D eigenvalue weighted by atomic mass is 16.5. The smallest absolute Gasteiger partial charge is 0.191 e. The van der Waals surface area contributed by atoms with Crippen LogP contribution in [-0.2, 0) is 17.8 Å². The van der Waals surface area contributed by atoms with Crippen molar-refractivity contribution < 1.29 is 9.47 Å². The van der Waals surface area contributed by atoms with Gasteiger partial charge >= 0.3 is 0 Å². The SMILES string of the molecule is CN=C(NCc1ccccc1OC)NCc1ccccc1N1CCOCC1. The molecule has 2 aromatic carbocycles. The Morgan fingerprint density at radius 1 is 1.00 bits per heavy atom. The summed E-state index contributed by atoms with van der Waals surface area (Å²) in [7, 11) is 3.47. The maximum absolute atomic E-state index is 5.47. The minimum atomic E-state index is 0.648. The molecule has 6 nitrogen and oxygen atoms in total. The number of ether oxygens (including phenoxy) is 2. The monoisotopic (exact) mass is 368 g/mol. The highest BCUT2D eigenvalue weighted by Gasteiger charge is 2.14. The van der Waals surface area contributed by atoms with Gasteiger partial charge in [-0.25, -0.2) is 0 Å². The Morgan fingerprint density at radius 3 is 2.33 bits per heavy atom. The van der Waals surface area contributed by atoms with E-state index in [2.05, 4.69) is 44.8 Å². The zero-order valence-electron chi connectivity index (χ0n) is 16.1. The fourth-order valence-corrected chi connectivity index (χ4v) is 3.20. The maximum atomic E-state index is 5.47. The van der Waals surface area contributed by atoms with Gasteiger partial charge in [-0.15, -0.1) is 0 Å². The van der Waals surface area contributed by atoms with Gasteiger partial charge in [-0.2, -0.15) is 0 Å². The van der Waals surface area contributed by atoms with Gasteiger partial charge < -0.3 is 25.0 Å². The first kappa shape index (κ1) is 19.0. The number of methoxy groups -OCH3 is 1. The molecule has 0 aromatic heterocycles. The van der Waals surface area contributed by atoms with E-state index in [1.165, 1.54) is 11.3 Å². The van der Waals surface area contributed by atoms with Crippen molar-refractivity contribution in [2.24, 2.45) is 4.99 Å². The summed E-state index contributed by atoms with van der Waals surface area (Å²) in [6.07, 6.45) is 0. The van der Waals surface area contributed by atoms with Gasteiger partial charge in [0.15, 0.2) is 5.96 Å². The molecule has 2 aromatic rings. The van der Waals surface area contributed by atoms with Crippen LogP contribution in [0.25, 0.3) is 0 Å². The van der Waals surface area contributed by atoms with E-state index in [1.54, 1.807) is 14.2 Å². The number of rotatable bonds is 6. The van der Waals surface area contributed by atoms with Crippen LogP contribution in [-0.4, -0.2) is 46.4 Å². The molecule has 0 bridgehead atoms. The number of benzene rings is 2. The molecule has 1 aliphatic rings. The first-order chi connectivity index (χ1) is 13.3. The Morgan fingerprint density at radius 2 is 1.63 bits per heavy atom. The molecule has 3 rings (SSSR count). The predicted molar refractivity (Wildman–Crippen MR) is 110 cm³/mol. The number of guanidine groups is 1. The largest absolute Gasteiger partial charge is 0.496 e. The van der Waals surface area contributed by atoms with E-state index in [-0.39, 0.29) is 0 Å². The molecule has 0 atom stereocenters. The van der Waals surface area contributed by atoms with Crippen LogP contribution in [0.4, 0.5) is 5.69 Å². The van der Waals surface area contributed by atoms with E-state index in [1.807, 2.05) is 24.3 Å². The van der Waals surface area contributed by atoms with Crippen molar-refractivity contribution in [1.82, 2.24) is 10.6 Å². The lowest BCUT2D eigenvalue weighted by molar-refractivity contribution is 0.122. The topological polar surface area (TPSA) is 58.1 Å². The van der Waals surface area contributed by atoms with Crippen LogP contribution in [0.3, 0.4) is 0 Å². The second-order valence-electron chi connectivity index (χ2n) is 6.32. The van der Waals surface area contributed by atoms with Crippen LogP contribution in [0.5, 0.6) is 5.75 Å². The number of para-hydroxylation sites is 2. The minimum absolute atomic E-state index is 0.648. The molecular weight excluding hydrogens is 340 g/mol. The molecule has 0 amide bonds. The van der Waals surface area contributed by atoms with Gasteiger partial charge in [0.1, 0.15) is 5.75 Å². The highest BCUT2D eigenvalue weighted by molar-refractivity contribution is 5.79. The summed E-state index contributed by atoms with van der Waals surface area (Å²) >= 11 is 0. The van der Waals surface area contributed by atoms with Crippen LogP contribution in [0.15, 0.2) is 53.5 Å². The van der Waals surface area contributed by atoms with E-state index in [9.17, 15) is 0 Å². The molecule has 27 heavy (non-hydrogen) atoms. The summed E-state index contributed by atoms with van der Waals surface area (Å²) in [5.74, 6) is 1.64. The molecule has 1 fully saturated rings. The normalized spacial score (nSPS) is 14.7. The van der Waals surface area contributed by atoms with Crippen molar-refractivity contribution in [3.8, 4) is 5.75 Å². The average Bonchev–Trinajstić information content (AvgIpc) is 2.75. The molecule has 1 saturated heterocycles. The lowest BCUT2D eigenvalue weighted by atomic mass is 10.1. The predicted octanol–water partition coefficient (Wildman–Crippen LogP) is 2.40. The maximum Gasteiger partial charge on any atom is 0.191 e. The first-order valence-corrected chi connectivity index (χ1v) is 9.29. The van der Waals surface area contributed by atoms with Gasteiger partial charge in [-0.1, -0.05) is 36.4 Å². The number of aliphatic imine (C=N–C) groups is 1. The Kier molecular flexibility index (Phi) is 6.93. The number of hydrogen-bond donors (Lipinski definition) is 2. The Labute approximate surface area is 161 Å². The number of nitrogens with zero attached hydrogens (tertiary/aromatic N) is 2. The lowest BCUT2D eigenvalue weighted by Gasteiger charge is -2.30. The van der Waals surface area contributed by atoms with Crippen LogP contribution in [0.1, 0.15) is 11.1 Å². The van der Waals surface area contributed by atoms with Crippen molar-refractivity contribution in [2.75, 3.05) is 45.4 Å². The van der Waals surface area contributed by atoms with E-state index in [4.69, 9.17) is 9.47 Å². The summed E-state index contributed by atoms with van der Waals surface area (Å²) in [6, 6.07) is 16.5. The van der Waals surface area contributed by atoms with Crippen LogP contribution in [0, 0.1) is 0 Å². The summed E-state index contributed by atoms with van der Waals surface area (Å²) < 4.78 is 10.9. The molecule has 0 aliphatic carbocycles. The number of morpholine rings is 1. The second kappa shape index (κ2) is 9.83. The standard InChI is InChI=1S/C21H28N4O2/c1-22-21(24-16-18-8-4-6-10-20(18)26-2)23-15-17-7-3-5-9-19(17)25-11-13-27-14-12-25/h3-10H,11-16H2,1-2H3,(H2,22,23,24). The Bertz CT molecular complexity index is 757. The third kappa shape index (κ3) is 5.14. The summed E-state index contributed by atoms with van der Waals surface area (Å²) in [5, 5.41) is 6.77. The van der Waals surface area contributed by atoms with Crippen molar-refractivity contribution in [3.63, 3.8) is 0 Å². The molecule has 0 spiro atoms. The minimum Gasteiger partial charge on any atom is -0.496 e. The zero-order valence-corrected chi connectivity index (χ0v) is 16.1. The van der Waals surface area contributed by atoms with Crippen molar-refractivity contribution >= 4 is 11.6 Å². The summed E-state index contributed by atoms with van der Waals surface area (Å²) in [5.41, 5.74) is 3.60. The molecule has 1 heterocycles. The van der Waals surface area contributed by atoms with E-state index in [0.29, 0.717) is 13.1 Å². The van der Waals surface area contributed by atoms with E-state index < -0.39 is 0 Å². The summed E-state index contributed by atoms with van der Waals surface area (Å²) in [4.78, 5) is 6.72. The Balaban J connectivity index is 1.60. The number of nitrogens with one attached hydrogen (secondary N) is 2. The second-order valence-corrected chi connectivity index (χ2v) is 6.32. The van der Waals surface area contributed by atoms with Gasteiger partial charge in [-0.05, 0) is 17.7 Å².